The first-order valence-electron chi connectivity index (χ1n) is 10.2. The van der Waals surface area contributed by atoms with Gasteiger partial charge in [-0.2, -0.15) is 4.31 Å². The van der Waals surface area contributed by atoms with E-state index in [1.54, 1.807) is 6.07 Å². The summed E-state index contributed by atoms with van der Waals surface area (Å²) in [5.41, 5.74) is 1.79. The Balaban J connectivity index is 1.40. The van der Waals surface area contributed by atoms with Crippen molar-refractivity contribution in [1.29, 1.82) is 0 Å². The van der Waals surface area contributed by atoms with Crippen molar-refractivity contribution in [2.75, 3.05) is 32.8 Å². The van der Waals surface area contributed by atoms with E-state index in [4.69, 9.17) is 0 Å². The van der Waals surface area contributed by atoms with E-state index in [0.29, 0.717) is 50.6 Å². The van der Waals surface area contributed by atoms with E-state index in [2.05, 4.69) is 0 Å². The molecule has 0 radical (unpaired) electrons. The van der Waals surface area contributed by atoms with Gasteiger partial charge in [0, 0.05) is 0 Å². The van der Waals surface area contributed by atoms with E-state index in [1.807, 2.05) is 38.1 Å². The molecule has 3 aliphatic rings. The summed E-state index contributed by atoms with van der Waals surface area (Å²) in [6, 6.07) is 5.38. The van der Waals surface area contributed by atoms with E-state index < -0.39 is 10.0 Å². The standard InChI is InChI=1S/C21H27N3O4S/c1-15-7-8-19(16(2)13-15)29(27,28)23-11-9-22(10-12-23)14-24-20(25)17-5-3-4-6-18(17)21(24)26/h3-4,7-8,13,17-18H,5-6,9-12,14H2,1-2H3/p+1/t17-,18-/m0/s1. The summed E-state index contributed by atoms with van der Waals surface area (Å²) in [6.07, 6.45) is 5.25. The molecule has 7 nitrogen and oxygen atoms in total. The Kier molecular flexibility index (Phi) is 5.35. The number of aryl methyl sites for hydroxylation is 2. The van der Waals surface area contributed by atoms with Crippen molar-refractivity contribution in [2.45, 2.75) is 31.6 Å². The molecule has 2 heterocycles. The highest BCUT2D eigenvalue weighted by molar-refractivity contribution is 7.89. The minimum Gasteiger partial charge on any atom is -0.315 e. The molecule has 2 atom stereocenters. The van der Waals surface area contributed by atoms with Gasteiger partial charge in [-0.05, 0) is 38.3 Å². The summed E-state index contributed by atoms with van der Waals surface area (Å²) >= 11 is 0. The van der Waals surface area contributed by atoms with Crippen LogP contribution in [0.15, 0.2) is 35.2 Å². The van der Waals surface area contributed by atoms with Crippen molar-refractivity contribution in [3.63, 3.8) is 0 Å². The highest BCUT2D eigenvalue weighted by Gasteiger charge is 2.48. The van der Waals surface area contributed by atoms with Crippen molar-refractivity contribution in [1.82, 2.24) is 9.21 Å². The number of rotatable bonds is 4. The molecular weight excluding hydrogens is 390 g/mol. The van der Waals surface area contributed by atoms with Crippen LogP contribution in [0.3, 0.4) is 0 Å². The molecule has 0 spiro atoms. The molecular formula is C21H28N3O4S+. The fourth-order valence-electron chi connectivity index (χ4n) is 4.68. The van der Waals surface area contributed by atoms with Gasteiger partial charge in [-0.1, -0.05) is 29.8 Å². The summed E-state index contributed by atoms with van der Waals surface area (Å²) in [5.74, 6) is -0.555. The molecule has 156 valence electrons. The predicted octanol–water partition coefficient (Wildman–Crippen LogP) is 0.101. The van der Waals surface area contributed by atoms with Gasteiger partial charge in [0.25, 0.3) is 0 Å². The van der Waals surface area contributed by atoms with E-state index in [0.717, 1.165) is 16.0 Å². The van der Waals surface area contributed by atoms with Crippen LogP contribution in [0.25, 0.3) is 0 Å². The van der Waals surface area contributed by atoms with Crippen molar-refractivity contribution < 1.29 is 22.9 Å². The average Bonchev–Trinajstić information content (AvgIpc) is 2.93. The SMILES string of the molecule is Cc1ccc(S(=O)(=O)N2CC[NH+](CN3C(=O)[C@H]4CC=CC[C@@H]4C3=O)CC2)c(C)c1. The number of imide groups is 1. The Hall–Kier alpha value is -2.03. The Morgan fingerprint density at radius 3 is 2.14 bits per heavy atom. The minimum absolute atomic E-state index is 0.0674. The number of sulfonamides is 1. The van der Waals surface area contributed by atoms with E-state index in [-0.39, 0.29) is 23.7 Å². The topological polar surface area (TPSA) is 79.2 Å². The summed E-state index contributed by atoms with van der Waals surface area (Å²) in [6.45, 7) is 6.02. The lowest BCUT2D eigenvalue weighted by molar-refractivity contribution is -0.910. The maximum absolute atomic E-state index is 13.0. The predicted molar refractivity (Wildman–Crippen MR) is 107 cm³/mol. The average molecular weight is 419 g/mol. The largest absolute Gasteiger partial charge is 0.315 e. The van der Waals surface area contributed by atoms with E-state index >= 15 is 0 Å². The smallest absolute Gasteiger partial charge is 0.243 e. The Bertz CT molecular complexity index is 938. The number of quaternary nitrogens is 1. The molecule has 4 rings (SSSR count). The molecule has 2 fully saturated rings. The van der Waals surface area contributed by atoms with Gasteiger partial charge < -0.3 is 4.90 Å². The molecule has 2 amide bonds. The molecule has 1 N–H and O–H groups in total. The zero-order chi connectivity index (χ0) is 20.8. The van der Waals surface area contributed by atoms with E-state index in [1.165, 1.54) is 9.21 Å². The number of piperazine rings is 1. The monoisotopic (exact) mass is 418 g/mol. The number of hydrogen-bond acceptors (Lipinski definition) is 4. The van der Waals surface area contributed by atoms with Gasteiger partial charge in [0.15, 0.2) is 6.67 Å². The zero-order valence-corrected chi connectivity index (χ0v) is 17.7. The molecule has 29 heavy (non-hydrogen) atoms. The fraction of sp³-hybridized carbons (Fsp3) is 0.524. The van der Waals surface area contributed by atoms with Crippen LogP contribution >= 0.6 is 0 Å². The second kappa shape index (κ2) is 7.66. The van der Waals surface area contributed by atoms with Crippen LogP contribution in [0.1, 0.15) is 24.0 Å². The summed E-state index contributed by atoms with van der Waals surface area (Å²) in [4.78, 5) is 28.1. The third-order valence-electron chi connectivity index (χ3n) is 6.36. The number of allylic oxidation sites excluding steroid dienone is 2. The molecule has 2 saturated heterocycles. The normalized spacial score (nSPS) is 26.2. The molecule has 8 heteroatoms. The zero-order valence-electron chi connectivity index (χ0n) is 16.9. The number of carbonyl (C=O) groups is 2. The van der Waals surface area contributed by atoms with Crippen LogP contribution in [0, 0.1) is 25.7 Å². The van der Waals surface area contributed by atoms with Gasteiger partial charge in [-0.25, -0.2) is 13.3 Å². The molecule has 2 aliphatic heterocycles. The van der Waals surface area contributed by atoms with Crippen LogP contribution in [-0.4, -0.2) is 62.3 Å². The van der Waals surface area contributed by atoms with Gasteiger partial charge >= 0.3 is 0 Å². The minimum atomic E-state index is -3.53. The second-order valence-electron chi connectivity index (χ2n) is 8.34. The second-order valence-corrected chi connectivity index (χ2v) is 10.2. The first-order chi connectivity index (χ1) is 13.8. The maximum Gasteiger partial charge on any atom is 0.243 e. The number of hydrogen-bond donors (Lipinski definition) is 1. The fourth-order valence-corrected chi connectivity index (χ4v) is 6.32. The maximum atomic E-state index is 13.0. The van der Waals surface area contributed by atoms with Crippen LogP contribution < -0.4 is 4.90 Å². The van der Waals surface area contributed by atoms with Crippen molar-refractivity contribution >= 4 is 21.8 Å². The van der Waals surface area contributed by atoms with Crippen molar-refractivity contribution in [3.8, 4) is 0 Å². The van der Waals surface area contributed by atoms with Gasteiger partial charge in [-0.3, -0.25) is 9.59 Å². The van der Waals surface area contributed by atoms with Crippen LogP contribution in [0.4, 0.5) is 0 Å². The Morgan fingerprint density at radius 2 is 1.59 bits per heavy atom. The lowest BCUT2D eigenvalue weighted by Gasteiger charge is -2.33. The summed E-state index contributed by atoms with van der Waals surface area (Å²) in [5, 5.41) is 0. The molecule has 1 aliphatic carbocycles. The molecule has 0 bridgehead atoms. The number of likely N-dealkylation sites (tertiary alicyclic amines) is 1. The molecule has 0 aromatic heterocycles. The first-order valence-corrected chi connectivity index (χ1v) is 11.6. The number of amides is 2. The van der Waals surface area contributed by atoms with Crippen LogP contribution in [0.5, 0.6) is 0 Å². The number of carbonyl (C=O) groups excluding carboxylic acids is 2. The molecule has 1 aromatic rings. The van der Waals surface area contributed by atoms with Crippen LogP contribution in [0.2, 0.25) is 0 Å². The number of nitrogens with zero attached hydrogens (tertiary/aromatic N) is 2. The van der Waals surface area contributed by atoms with Gasteiger partial charge in [0.1, 0.15) is 0 Å². The van der Waals surface area contributed by atoms with Gasteiger partial charge in [0.2, 0.25) is 21.8 Å². The first kappa shape index (κ1) is 20.3. The number of nitrogens with one attached hydrogen (secondary N) is 1. The van der Waals surface area contributed by atoms with Crippen molar-refractivity contribution in [2.24, 2.45) is 11.8 Å². The highest BCUT2D eigenvalue weighted by Crippen LogP contribution is 2.34. The quantitative estimate of drug-likeness (QED) is 0.556. The number of fused-ring (bicyclic) bond motifs is 1. The summed E-state index contributed by atoms with van der Waals surface area (Å²) < 4.78 is 27.6. The number of benzene rings is 1. The summed E-state index contributed by atoms with van der Waals surface area (Å²) in [7, 11) is -3.53. The van der Waals surface area contributed by atoms with Gasteiger partial charge in [0.05, 0.1) is 42.9 Å². The highest BCUT2D eigenvalue weighted by atomic mass is 32.2. The van der Waals surface area contributed by atoms with Crippen molar-refractivity contribution in [3.05, 3.63) is 41.5 Å². The lowest BCUT2D eigenvalue weighted by Crippen LogP contribution is -3.16. The van der Waals surface area contributed by atoms with Crippen LogP contribution in [-0.2, 0) is 19.6 Å². The Morgan fingerprint density at radius 1 is 1.00 bits per heavy atom. The van der Waals surface area contributed by atoms with E-state index in [9.17, 15) is 18.0 Å². The van der Waals surface area contributed by atoms with Gasteiger partial charge in [-0.15, -0.1) is 0 Å². The lowest BCUT2D eigenvalue weighted by atomic mass is 9.85. The molecule has 0 saturated carbocycles. The Labute approximate surface area is 172 Å². The molecule has 0 unspecified atom stereocenters. The third-order valence-corrected chi connectivity index (χ3v) is 8.42. The molecule has 1 aromatic carbocycles. The third kappa shape index (κ3) is 3.65.